The molecule has 1 atom stereocenters. The molecule has 2 heterocycles. The number of ether oxygens (including phenoxy) is 1. The lowest BCUT2D eigenvalue weighted by Gasteiger charge is -2.36. The predicted octanol–water partition coefficient (Wildman–Crippen LogP) is 2.11. The maximum absolute atomic E-state index is 13.2. The first-order valence-electron chi connectivity index (χ1n) is 7.37. The van der Waals surface area contributed by atoms with E-state index in [1.165, 1.54) is 6.20 Å². The van der Waals surface area contributed by atoms with E-state index in [2.05, 4.69) is 16.8 Å². The molecule has 20 heavy (non-hydrogen) atoms. The topological polar surface area (TPSA) is 51.4 Å². The molecule has 1 unspecified atom stereocenters. The minimum atomic E-state index is -0.269. The highest BCUT2D eigenvalue weighted by atomic mass is 19.1. The highest BCUT2D eigenvalue weighted by Crippen LogP contribution is 2.25. The summed E-state index contributed by atoms with van der Waals surface area (Å²) in [6.45, 7) is 5.50. The van der Waals surface area contributed by atoms with Crippen molar-refractivity contribution in [3.8, 4) is 0 Å². The first-order chi connectivity index (χ1) is 9.70. The van der Waals surface area contributed by atoms with Crippen molar-refractivity contribution in [3.63, 3.8) is 0 Å². The lowest BCUT2D eigenvalue weighted by Crippen LogP contribution is -2.38. The van der Waals surface area contributed by atoms with Crippen molar-refractivity contribution >= 4 is 0 Å². The van der Waals surface area contributed by atoms with Gasteiger partial charge in [0.25, 0.3) is 0 Å². The van der Waals surface area contributed by atoms with Crippen LogP contribution in [0.15, 0.2) is 18.5 Å². The molecule has 1 aliphatic rings. The van der Waals surface area contributed by atoms with Crippen molar-refractivity contribution in [1.82, 2.24) is 9.88 Å². The maximum atomic E-state index is 13.2. The zero-order chi connectivity index (χ0) is 14.4. The minimum Gasteiger partial charge on any atom is -0.378 e. The molecule has 1 aromatic rings. The molecule has 0 spiro atoms. The van der Waals surface area contributed by atoms with Crippen LogP contribution < -0.4 is 5.73 Å². The highest BCUT2D eigenvalue weighted by Gasteiger charge is 2.24. The molecule has 0 radical (unpaired) electrons. The van der Waals surface area contributed by atoms with Crippen LogP contribution in [0.5, 0.6) is 0 Å². The molecule has 4 nitrogen and oxygen atoms in total. The normalized spacial score (nSPS) is 19.1. The molecule has 0 aliphatic carbocycles. The van der Waals surface area contributed by atoms with Gasteiger partial charge in [0.05, 0.1) is 12.3 Å². The number of rotatable bonds is 6. The monoisotopic (exact) mass is 281 g/mol. The lowest BCUT2D eigenvalue weighted by molar-refractivity contribution is -0.000801. The molecule has 1 fully saturated rings. The van der Waals surface area contributed by atoms with Gasteiger partial charge in [-0.3, -0.25) is 9.88 Å². The van der Waals surface area contributed by atoms with Crippen LogP contribution in [0.2, 0.25) is 0 Å². The number of nitrogens with two attached hydrogens (primary N) is 1. The van der Waals surface area contributed by atoms with Crippen LogP contribution in [-0.2, 0) is 4.74 Å². The minimum absolute atomic E-state index is 0.197. The van der Waals surface area contributed by atoms with Gasteiger partial charge >= 0.3 is 0 Å². The summed E-state index contributed by atoms with van der Waals surface area (Å²) in [5, 5.41) is 0. The molecule has 0 amide bonds. The van der Waals surface area contributed by atoms with E-state index in [4.69, 9.17) is 10.5 Å². The average molecular weight is 281 g/mol. The first kappa shape index (κ1) is 15.4. The molecule has 2 rings (SSSR count). The summed E-state index contributed by atoms with van der Waals surface area (Å²) in [7, 11) is 0. The summed E-state index contributed by atoms with van der Waals surface area (Å²) < 4.78 is 19.0. The number of hydrogen-bond donors (Lipinski definition) is 1. The Morgan fingerprint density at radius 1 is 1.45 bits per heavy atom. The van der Waals surface area contributed by atoms with Gasteiger partial charge in [-0.1, -0.05) is 0 Å². The summed E-state index contributed by atoms with van der Waals surface area (Å²) in [4.78, 5) is 6.29. The lowest BCUT2D eigenvalue weighted by atomic mass is 10.0. The molecule has 1 saturated heterocycles. The molecule has 2 N–H and O–H groups in total. The van der Waals surface area contributed by atoms with Gasteiger partial charge in [0.15, 0.2) is 0 Å². The second-order valence-electron chi connectivity index (χ2n) is 5.36. The van der Waals surface area contributed by atoms with Crippen LogP contribution in [-0.4, -0.2) is 42.2 Å². The fourth-order valence-electron chi connectivity index (χ4n) is 2.63. The van der Waals surface area contributed by atoms with Gasteiger partial charge in [-0.25, -0.2) is 4.39 Å². The van der Waals surface area contributed by atoms with Gasteiger partial charge < -0.3 is 10.5 Å². The molecular weight excluding hydrogens is 257 g/mol. The number of likely N-dealkylation sites (tertiary alicyclic amines) is 1. The highest BCUT2D eigenvalue weighted by molar-refractivity contribution is 5.14. The van der Waals surface area contributed by atoms with Crippen molar-refractivity contribution in [2.75, 3.05) is 26.2 Å². The smallest absolute Gasteiger partial charge is 0.141 e. The van der Waals surface area contributed by atoms with E-state index >= 15 is 0 Å². The van der Waals surface area contributed by atoms with Gasteiger partial charge in [-0.15, -0.1) is 0 Å². The van der Waals surface area contributed by atoms with E-state index in [0.717, 1.165) is 44.5 Å². The quantitative estimate of drug-likeness (QED) is 0.811. The first-order valence-corrected chi connectivity index (χ1v) is 7.37. The summed E-state index contributed by atoms with van der Waals surface area (Å²) in [5.41, 5.74) is 6.40. The molecular formula is C15H24FN3O. The number of aromatic nitrogens is 1. The number of halogens is 1. The number of piperidine rings is 1. The van der Waals surface area contributed by atoms with Crippen molar-refractivity contribution < 1.29 is 9.13 Å². The van der Waals surface area contributed by atoms with Gasteiger partial charge in [0.2, 0.25) is 0 Å². The Morgan fingerprint density at radius 3 is 2.85 bits per heavy atom. The standard InChI is InChI=1S/C15H24FN3O/c1-12(13-9-14(16)11-18-10-13)19-6-3-15(4-7-19)20-8-2-5-17/h9-12,15H,2-8,17H2,1H3. The van der Waals surface area contributed by atoms with Crippen LogP contribution in [0.3, 0.4) is 0 Å². The zero-order valence-electron chi connectivity index (χ0n) is 12.1. The number of nitrogens with zero attached hydrogens (tertiary/aromatic N) is 2. The molecule has 0 aromatic carbocycles. The third-order valence-electron chi connectivity index (χ3n) is 3.93. The van der Waals surface area contributed by atoms with Crippen LogP contribution in [0.4, 0.5) is 4.39 Å². The van der Waals surface area contributed by atoms with E-state index < -0.39 is 0 Å². The Labute approximate surface area is 120 Å². The molecule has 0 saturated carbocycles. The maximum Gasteiger partial charge on any atom is 0.141 e. The summed E-state index contributed by atoms with van der Waals surface area (Å²) >= 11 is 0. The van der Waals surface area contributed by atoms with Crippen molar-refractivity contribution in [2.24, 2.45) is 5.73 Å². The Bertz CT molecular complexity index is 408. The summed E-state index contributed by atoms with van der Waals surface area (Å²) in [5.74, 6) is -0.269. The van der Waals surface area contributed by atoms with Crippen LogP contribution in [0.25, 0.3) is 0 Å². The Morgan fingerprint density at radius 2 is 2.20 bits per heavy atom. The van der Waals surface area contributed by atoms with E-state index in [1.807, 2.05) is 0 Å². The largest absolute Gasteiger partial charge is 0.378 e. The Hall–Kier alpha value is -1.04. The van der Waals surface area contributed by atoms with Crippen LogP contribution >= 0.6 is 0 Å². The van der Waals surface area contributed by atoms with Crippen molar-refractivity contribution in [2.45, 2.75) is 38.3 Å². The fraction of sp³-hybridized carbons (Fsp3) is 0.667. The summed E-state index contributed by atoms with van der Waals surface area (Å²) in [6, 6.07) is 1.77. The molecule has 0 bridgehead atoms. The predicted molar refractivity (Wildman–Crippen MR) is 76.8 cm³/mol. The second-order valence-corrected chi connectivity index (χ2v) is 5.36. The third kappa shape index (κ3) is 4.23. The molecule has 5 heteroatoms. The zero-order valence-corrected chi connectivity index (χ0v) is 12.1. The Balaban J connectivity index is 1.81. The Kier molecular flexibility index (Phi) is 5.88. The summed E-state index contributed by atoms with van der Waals surface area (Å²) in [6.07, 6.45) is 6.31. The number of hydrogen-bond acceptors (Lipinski definition) is 4. The number of pyridine rings is 1. The third-order valence-corrected chi connectivity index (χ3v) is 3.93. The fourth-order valence-corrected chi connectivity index (χ4v) is 2.63. The van der Waals surface area contributed by atoms with Crippen LogP contribution in [0.1, 0.15) is 37.8 Å². The van der Waals surface area contributed by atoms with Gasteiger partial charge in [-0.2, -0.15) is 0 Å². The van der Waals surface area contributed by atoms with Crippen molar-refractivity contribution in [1.29, 1.82) is 0 Å². The van der Waals surface area contributed by atoms with Gasteiger partial charge in [-0.05, 0) is 44.4 Å². The van der Waals surface area contributed by atoms with Crippen LogP contribution in [0, 0.1) is 5.82 Å². The van der Waals surface area contributed by atoms with E-state index in [0.29, 0.717) is 12.6 Å². The molecule has 1 aromatic heterocycles. The van der Waals surface area contributed by atoms with Gasteiger partial charge in [0, 0.05) is 31.9 Å². The van der Waals surface area contributed by atoms with E-state index in [1.54, 1.807) is 12.3 Å². The average Bonchev–Trinajstić information content (AvgIpc) is 2.47. The van der Waals surface area contributed by atoms with E-state index in [-0.39, 0.29) is 11.9 Å². The van der Waals surface area contributed by atoms with Crippen molar-refractivity contribution in [3.05, 3.63) is 29.8 Å². The SMILES string of the molecule is CC(c1cncc(F)c1)N1CCC(OCCCN)CC1. The van der Waals surface area contributed by atoms with E-state index in [9.17, 15) is 4.39 Å². The second kappa shape index (κ2) is 7.67. The molecule has 112 valence electrons. The van der Waals surface area contributed by atoms with Gasteiger partial charge in [0.1, 0.15) is 5.82 Å². The molecule has 1 aliphatic heterocycles.